The number of amides is 1. The Morgan fingerprint density at radius 1 is 1.40 bits per heavy atom. The topological polar surface area (TPSA) is 35.6 Å². The van der Waals surface area contributed by atoms with Crippen LogP contribution in [0.15, 0.2) is 24.3 Å². The largest absolute Gasteiger partial charge is 0.340 e. The third kappa shape index (κ3) is 4.05. The fourth-order valence-corrected chi connectivity index (χ4v) is 2.47. The molecule has 1 aliphatic heterocycles. The number of nitrogens with zero attached hydrogens (tertiary/aromatic N) is 2. The van der Waals surface area contributed by atoms with Crippen molar-refractivity contribution in [3.8, 4) is 0 Å². The zero-order chi connectivity index (χ0) is 14.5. The fraction of sp³-hybridized carbons (Fsp3) is 0.562. The molecular weight excluding hydrogens is 250 g/mol. The van der Waals surface area contributed by atoms with Gasteiger partial charge < -0.3 is 10.2 Å². The number of aryl methyl sites for hydroxylation is 1. The standard InChI is InChI=1S/C16H25N3O/c1-13-4-6-15(7-5-13)11-18(3)16(20)12-19-9-8-17-10-14(19)2/h4-7,14,17H,8-12H2,1-3H3. The minimum Gasteiger partial charge on any atom is -0.340 e. The monoisotopic (exact) mass is 275 g/mol. The van der Waals surface area contributed by atoms with Crippen molar-refractivity contribution in [2.24, 2.45) is 0 Å². The average Bonchev–Trinajstić information content (AvgIpc) is 2.44. The van der Waals surface area contributed by atoms with Crippen LogP contribution >= 0.6 is 0 Å². The predicted octanol–water partition coefficient (Wildman–Crippen LogP) is 1.25. The van der Waals surface area contributed by atoms with E-state index in [1.165, 1.54) is 11.1 Å². The molecule has 1 aromatic rings. The van der Waals surface area contributed by atoms with E-state index in [4.69, 9.17) is 0 Å². The molecule has 1 atom stereocenters. The van der Waals surface area contributed by atoms with E-state index in [-0.39, 0.29) is 5.91 Å². The normalized spacial score (nSPS) is 19.9. The Kier molecular flexibility index (Phi) is 5.15. The number of piperazine rings is 1. The molecule has 0 aromatic heterocycles. The lowest BCUT2D eigenvalue weighted by Crippen LogP contribution is -2.52. The maximum atomic E-state index is 12.3. The smallest absolute Gasteiger partial charge is 0.236 e. The minimum absolute atomic E-state index is 0.194. The van der Waals surface area contributed by atoms with Gasteiger partial charge in [-0.2, -0.15) is 0 Å². The van der Waals surface area contributed by atoms with Crippen LogP contribution in [0.25, 0.3) is 0 Å². The number of rotatable bonds is 4. The van der Waals surface area contributed by atoms with Crippen LogP contribution in [0.1, 0.15) is 18.1 Å². The molecule has 1 aliphatic rings. The second-order valence-corrected chi connectivity index (χ2v) is 5.76. The van der Waals surface area contributed by atoms with Crippen LogP contribution < -0.4 is 5.32 Å². The molecule has 0 radical (unpaired) electrons. The molecule has 1 unspecified atom stereocenters. The van der Waals surface area contributed by atoms with E-state index < -0.39 is 0 Å². The number of hydrogen-bond donors (Lipinski definition) is 1. The summed E-state index contributed by atoms with van der Waals surface area (Å²) in [7, 11) is 1.88. The summed E-state index contributed by atoms with van der Waals surface area (Å²) in [6.07, 6.45) is 0. The number of likely N-dealkylation sites (N-methyl/N-ethyl adjacent to an activating group) is 1. The molecule has 0 saturated carbocycles. The minimum atomic E-state index is 0.194. The Balaban J connectivity index is 1.86. The van der Waals surface area contributed by atoms with Crippen molar-refractivity contribution in [1.29, 1.82) is 0 Å². The summed E-state index contributed by atoms with van der Waals surface area (Å²) in [4.78, 5) is 16.4. The average molecular weight is 275 g/mol. The van der Waals surface area contributed by atoms with E-state index in [2.05, 4.69) is 48.3 Å². The molecule has 1 heterocycles. The van der Waals surface area contributed by atoms with Gasteiger partial charge in [-0.15, -0.1) is 0 Å². The summed E-state index contributed by atoms with van der Waals surface area (Å²) in [6.45, 7) is 8.33. The first-order chi connectivity index (χ1) is 9.56. The van der Waals surface area contributed by atoms with Gasteiger partial charge in [-0.05, 0) is 19.4 Å². The highest BCUT2D eigenvalue weighted by Gasteiger charge is 2.21. The van der Waals surface area contributed by atoms with Gasteiger partial charge in [0.2, 0.25) is 5.91 Å². The lowest BCUT2D eigenvalue weighted by Gasteiger charge is -2.34. The van der Waals surface area contributed by atoms with Crippen LogP contribution in [0.3, 0.4) is 0 Å². The second kappa shape index (κ2) is 6.86. The van der Waals surface area contributed by atoms with Crippen LogP contribution in [0.2, 0.25) is 0 Å². The third-order valence-electron chi connectivity index (χ3n) is 3.94. The van der Waals surface area contributed by atoms with Gasteiger partial charge in [-0.1, -0.05) is 29.8 Å². The molecule has 1 amide bonds. The maximum Gasteiger partial charge on any atom is 0.236 e. The zero-order valence-corrected chi connectivity index (χ0v) is 12.7. The first kappa shape index (κ1) is 15.0. The van der Waals surface area contributed by atoms with E-state index in [1.807, 2.05) is 11.9 Å². The van der Waals surface area contributed by atoms with Crippen LogP contribution in [0.5, 0.6) is 0 Å². The molecule has 0 bridgehead atoms. The Bertz CT molecular complexity index is 444. The summed E-state index contributed by atoms with van der Waals surface area (Å²) in [5, 5.41) is 3.35. The van der Waals surface area contributed by atoms with Crippen molar-refractivity contribution in [3.05, 3.63) is 35.4 Å². The summed E-state index contributed by atoms with van der Waals surface area (Å²) in [5.74, 6) is 0.194. The number of hydrogen-bond acceptors (Lipinski definition) is 3. The molecule has 0 aliphatic carbocycles. The van der Waals surface area contributed by atoms with Gasteiger partial charge in [0.05, 0.1) is 6.54 Å². The van der Waals surface area contributed by atoms with Gasteiger partial charge in [0, 0.05) is 39.3 Å². The van der Waals surface area contributed by atoms with Crippen LogP contribution in [-0.4, -0.2) is 55.0 Å². The van der Waals surface area contributed by atoms with Crippen LogP contribution in [0.4, 0.5) is 0 Å². The lowest BCUT2D eigenvalue weighted by molar-refractivity contribution is -0.132. The van der Waals surface area contributed by atoms with E-state index in [0.29, 0.717) is 19.1 Å². The SMILES string of the molecule is Cc1ccc(CN(C)C(=O)CN2CCNCC2C)cc1. The van der Waals surface area contributed by atoms with E-state index in [0.717, 1.165) is 19.6 Å². The first-order valence-electron chi connectivity index (χ1n) is 7.30. The zero-order valence-electron chi connectivity index (χ0n) is 12.7. The number of nitrogens with one attached hydrogen (secondary N) is 1. The van der Waals surface area contributed by atoms with E-state index >= 15 is 0 Å². The van der Waals surface area contributed by atoms with Gasteiger partial charge in [0.1, 0.15) is 0 Å². The molecule has 0 spiro atoms. The third-order valence-corrected chi connectivity index (χ3v) is 3.94. The van der Waals surface area contributed by atoms with Crippen molar-refractivity contribution in [1.82, 2.24) is 15.1 Å². The van der Waals surface area contributed by atoms with Crippen LogP contribution in [0, 0.1) is 6.92 Å². The predicted molar refractivity (Wildman–Crippen MR) is 81.6 cm³/mol. The van der Waals surface area contributed by atoms with Crippen LogP contribution in [-0.2, 0) is 11.3 Å². The Morgan fingerprint density at radius 3 is 2.75 bits per heavy atom. The Labute approximate surface area is 121 Å². The van der Waals surface area contributed by atoms with Gasteiger partial charge in [0.25, 0.3) is 0 Å². The van der Waals surface area contributed by atoms with E-state index in [1.54, 1.807) is 0 Å². The van der Waals surface area contributed by atoms with Gasteiger partial charge >= 0.3 is 0 Å². The molecule has 110 valence electrons. The summed E-state index contributed by atoms with van der Waals surface area (Å²) >= 11 is 0. The van der Waals surface area contributed by atoms with Crippen molar-refractivity contribution in [2.45, 2.75) is 26.4 Å². The summed E-state index contributed by atoms with van der Waals surface area (Å²) in [5.41, 5.74) is 2.43. The van der Waals surface area contributed by atoms with Gasteiger partial charge in [-0.25, -0.2) is 0 Å². The van der Waals surface area contributed by atoms with Crippen molar-refractivity contribution in [3.63, 3.8) is 0 Å². The fourth-order valence-electron chi connectivity index (χ4n) is 2.47. The molecule has 1 N–H and O–H groups in total. The molecule has 20 heavy (non-hydrogen) atoms. The Morgan fingerprint density at radius 2 is 2.10 bits per heavy atom. The quantitative estimate of drug-likeness (QED) is 0.898. The van der Waals surface area contributed by atoms with Crippen molar-refractivity contribution in [2.75, 3.05) is 33.2 Å². The van der Waals surface area contributed by atoms with Crippen molar-refractivity contribution >= 4 is 5.91 Å². The first-order valence-corrected chi connectivity index (χ1v) is 7.30. The second-order valence-electron chi connectivity index (χ2n) is 5.76. The van der Waals surface area contributed by atoms with Crippen molar-refractivity contribution < 1.29 is 4.79 Å². The molecule has 4 heteroatoms. The highest BCUT2D eigenvalue weighted by molar-refractivity contribution is 5.78. The maximum absolute atomic E-state index is 12.3. The molecule has 1 fully saturated rings. The number of carbonyl (C=O) groups excluding carboxylic acids is 1. The molecule has 4 nitrogen and oxygen atoms in total. The molecule has 1 aromatic carbocycles. The molecular formula is C16H25N3O. The summed E-state index contributed by atoms with van der Waals surface area (Å²) in [6, 6.07) is 8.79. The highest BCUT2D eigenvalue weighted by atomic mass is 16.2. The van der Waals surface area contributed by atoms with E-state index in [9.17, 15) is 4.79 Å². The summed E-state index contributed by atoms with van der Waals surface area (Å²) < 4.78 is 0. The number of benzene rings is 1. The van der Waals surface area contributed by atoms with Gasteiger partial charge in [0.15, 0.2) is 0 Å². The highest BCUT2D eigenvalue weighted by Crippen LogP contribution is 2.08. The Hall–Kier alpha value is -1.39. The van der Waals surface area contributed by atoms with Gasteiger partial charge in [-0.3, -0.25) is 9.69 Å². The number of carbonyl (C=O) groups is 1. The molecule has 1 saturated heterocycles. The molecule has 2 rings (SSSR count). The lowest BCUT2D eigenvalue weighted by atomic mass is 10.1.